The average molecular weight is 442 g/mol. The molecular formula is C22H20F2N4O4. The fraction of sp³-hybridized carbons (Fsp3) is 0.182. The Bertz CT molecular complexity index is 1230. The number of carbonyl (C=O) groups excluding carboxylic acids is 2. The summed E-state index contributed by atoms with van der Waals surface area (Å²) >= 11 is 0. The predicted octanol–water partition coefficient (Wildman–Crippen LogP) is 1.49. The van der Waals surface area contributed by atoms with Gasteiger partial charge in [-0.05, 0) is 61.3 Å². The molecule has 0 fully saturated rings. The van der Waals surface area contributed by atoms with Crippen molar-refractivity contribution < 1.29 is 28.0 Å². The lowest BCUT2D eigenvalue weighted by molar-refractivity contribution is -0.167. The van der Waals surface area contributed by atoms with E-state index in [9.17, 15) is 18.4 Å². The van der Waals surface area contributed by atoms with Gasteiger partial charge in [0, 0.05) is 35.3 Å². The van der Waals surface area contributed by atoms with E-state index in [2.05, 4.69) is 0 Å². The van der Waals surface area contributed by atoms with Crippen LogP contribution in [0.2, 0.25) is 0 Å². The largest absolute Gasteiger partial charge is 0.444 e. The summed E-state index contributed by atoms with van der Waals surface area (Å²) in [5.41, 5.74) is 13.2. The first kappa shape index (κ1) is 21.5. The van der Waals surface area contributed by atoms with E-state index in [1.807, 2.05) is 0 Å². The molecule has 0 aliphatic heterocycles. The number of carbonyl (C=O) groups is 2. The lowest BCUT2D eigenvalue weighted by Crippen LogP contribution is -2.34. The van der Waals surface area contributed by atoms with Crippen molar-refractivity contribution in [2.75, 3.05) is 13.1 Å². The van der Waals surface area contributed by atoms with Crippen molar-refractivity contribution in [1.82, 2.24) is 9.46 Å². The first-order valence-corrected chi connectivity index (χ1v) is 9.85. The minimum Gasteiger partial charge on any atom is -0.330 e. The molecule has 0 saturated heterocycles. The monoisotopic (exact) mass is 442 g/mol. The summed E-state index contributed by atoms with van der Waals surface area (Å²) in [4.78, 5) is 35.1. The van der Waals surface area contributed by atoms with Crippen molar-refractivity contribution >= 4 is 33.7 Å². The first-order chi connectivity index (χ1) is 15.4. The quantitative estimate of drug-likeness (QED) is 0.438. The maximum atomic E-state index is 13.7. The molecule has 0 radical (unpaired) electrons. The van der Waals surface area contributed by atoms with Crippen LogP contribution in [0, 0.1) is 11.6 Å². The second kappa shape index (κ2) is 8.77. The number of hydrogen-bond donors (Lipinski definition) is 2. The van der Waals surface area contributed by atoms with E-state index in [1.165, 1.54) is 48.8 Å². The van der Waals surface area contributed by atoms with Crippen LogP contribution in [0.4, 0.5) is 8.78 Å². The Morgan fingerprint density at radius 1 is 0.750 bits per heavy atom. The van der Waals surface area contributed by atoms with Crippen LogP contribution in [0.5, 0.6) is 0 Å². The molecule has 4 aromatic rings. The van der Waals surface area contributed by atoms with Crippen LogP contribution in [0.1, 0.15) is 11.1 Å². The second-order valence-electron chi connectivity index (χ2n) is 7.12. The van der Waals surface area contributed by atoms with Gasteiger partial charge in [-0.15, -0.1) is 0 Å². The smallest absolute Gasteiger partial charge is 0.330 e. The summed E-state index contributed by atoms with van der Waals surface area (Å²) in [5, 5.41) is 1.27. The molecule has 4 N–H and O–H groups in total. The summed E-state index contributed by atoms with van der Waals surface area (Å²) in [6.45, 7) is 0.656. The highest BCUT2D eigenvalue weighted by Crippen LogP contribution is 2.23. The van der Waals surface area contributed by atoms with Crippen molar-refractivity contribution in [2.45, 2.75) is 12.8 Å². The van der Waals surface area contributed by atoms with Gasteiger partial charge in [0.1, 0.15) is 11.6 Å². The van der Waals surface area contributed by atoms with Gasteiger partial charge in [-0.25, -0.2) is 18.4 Å². The molecule has 2 aromatic heterocycles. The Morgan fingerprint density at radius 3 is 1.53 bits per heavy atom. The first-order valence-electron chi connectivity index (χ1n) is 9.85. The normalized spacial score (nSPS) is 11.2. The Hall–Kier alpha value is -3.76. The predicted molar refractivity (Wildman–Crippen MR) is 112 cm³/mol. The van der Waals surface area contributed by atoms with Gasteiger partial charge in [0.2, 0.25) is 0 Å². The Kier molecular flexibility index (Phi) is 5.89. The highest BCUT2D eigenvalue weighted by atomic mass is 19.1. The van der Waals surface area contributed by atoms with Gasteiger partial charge in [0.05, 0.1) is 11.0 Å². The molecule has 2 heterocycles. The standard InChI is InChI=1S/C22H20F2N4O4/c23-15-1-3-17-13(5-7-25)11-27(19(17)9-15)31-21(29)22(30)32-28-12-14(6-8-26)18-4-2-16(24)10-20(18)28/h1-4,9-12H,5-8,25-26H2. The highest BCUT2D eigenvalue weighted by Gasteiger charge is 2.23. The fourth-order valence-corrected chi connectivity index (χ4v) is 3.59. The SMILES string of the molecule is NCCc1cn(OC(=O)C(=O)On2cc(CCN)c3ccc(F)cc32)c2cc(F)ccc12. The number of fused-ring (bicyclic) bond motifs is 2. The van der Waals surface area contributed by atoms with Crippen molar-refractivity contribution in [3.63, 3.8) is 0 Å². The molecule has 0 atom stereocenters. The van der Waals surface area contributed by atoms with E-state index in [0.29, 0.717) is 36.7 Å². The van der Waals surface area contributed by atoms with Crippen molar-refractivity contribution in [3.8, 4) is 0 Å². The summed E-state index contributed by atoms with van der Waals surface area (Å²) in [7, 11) is 0. The van der Waals surface area contributed by atoms with Crippen molar-refractivity contribution in [1.29, 1.82) is 0 Å². The van der Waals surface area contributed by atoms with Crippen LogP contribution in [0.15, 0.2) is 48.8 Å². The van der Waals surface area contributed by atoms with E-state index in [-0.39, 0.29) is 11.0 Å². The molecule has 0 aliphatic rings. The van der Waals surface area contributed by atoms with Crippen LogP contribution in [0.3, 0.4) is 0 Å². The lowest BCUT2D eigenvalue weighted by Gasteiger charge is -2.07. The minimum absolute atomic E-state index is 0.258. The van der Waals surface area contributed by atoms with E-state index in [1.54, 1.807) is 0 Å². The molecule has 0 unspecified atom stereocenters. The number of nitrogens with two attached hydrogens (primary N) is 2. The van der Waals surface area contributed by atoms with E-state index >= 15 is 0 Å². The zero-order chi connectivity index (χ0) is 22.8. The molecule has 10 heteroatoms. The molecule has 2 aromatic carbocycles. The Labute approximate surface area is 180 Å². The van der Waals surface area contributed by atoms with E-state index in [4.69, 9.17) is 21.1 Å². The molecule has 0 saturated carbocycles. The van der Waals surface area contributed by atoms with Gasteiger partial charge in [0.25, 0.3) is 0 Å². The molecule has 0 spiro atoms. The van der Waals surface area contributed by atoms with Gasteiger partial charge < -0.3 is 21.1 Å². The van der Waals surface area contributed by atoms with Gasteiger partial charge in [-0.3, -0.25) is 0 Å². The van der Waals surface area contributed by atoms with Gasteiger partial charge in [-0.2, -0.15) is 9.46 Å². The Balaban J connectivity index is 1.60. The van der Waals surface area contributed by atoms with Gasteiger partial charge in [-0.1, -0.05) is 0 Å². The molecule has 166 valence electrons. The Morgan fingerprint density at radius 2 is 1.16 bits per heavy atom. The average Bonchev–Trinajstić information content (AvgIpc) is 3.26. The maximum absolute atomic E-state index is 13.7. The molecular weight excluding hydrogens is 422 g/mol. The summed E-state index contributed by atoms with van der Waals surface area (Å²) in [5.74, 6) is -3.76. The zero-order valence-corrected chi connectivity index (χ0v) is 16.9. The number of nitrogens with zero attached hydrogens (tertiary/aromatic N) is 2. The topological polar surface area (TPSA) is 114 Å². The zero-order valence-electron chi connectivity index (χ0n) is 16.9. The van der Waals surface area contributed by atoms with Crippen LogP contribution in [-0.4, -0.2) is 34.5 Å². The summed E-state index contributed by atoms with van der Waals surface area (Å²) in [6.07, 6.45) is 3.84. The summed E-state index contributed by atoms with van der Waals surface area (Å²) < 4.78 is 29.5. The number of hydrogen-bond acceptors (Lipinski definition) is 6. The maximum Gasteiger partial charge on any atom is 0.444 e. The third-order valence-electron chi connectivity index (χ3n) is 4.99. The molecule has 32 heavy (non-hydrogen) atoms. The fourth-order valence-electron chi connectivity index (χ4n) is 3.59. The van der Waals surface area contributed by atoms with Crippen LogP contribution < -0.4 is 21.1 Å². The summed E-state index contributed by atoms with van der Waals surface area (Å²) in [6, 6.07) is 7.98. The highest BCUT2D eigenvalue weighted by molar-refractivity contribution is 6.30. The third kappa shape index (κ3) is 4.05. The van der Waals surface area contributed by atoms with Gasteiger partial charge >= 0.3 is 11.9 Å². The molecule has 0 amide bonds. The van der Waals surface area contributed by atoms with Crippen LogP contribution in [0.25, 0.3) is 21.8 Å². The number of halogens is 2. The van der Waals surface area contributed by atoms with E-state index < -0.39 is 23.6 Å². The van der Waals surface area contributed by atoms with Crippen molar-refractivity contribution in [3.05, 3.63) is 71.6 Å². The van der Waals surface area contributed by atoms with Crippen LogP contribution >= 0.6 is 0 Å². The number of aromatic nitrogens is 2. The molecule has 0 bridgehead atoms. The molecule has 8 nitrogen and oxygen atoms in total. The van der Waals surface area contributed by atoms with Gasteiger partial charge in [0.15, 0.2) is 0 Å². The van der Waals surface area contributed by atoms with Crippen molar-refractivity contribution in [2.24, 2.45) is 11.5 Å². The second-order valence-corrected chi connectivity index (χ2v) is 7.12. The molecule has 4 rings (SSSR count). The molecule has 0 aliphatic carbocycles. The van der Waals surface area contributed by atoms with Crippen LogP contribution in [-0.2, 0) is 22.4 Å². The third-order valence-corrected chi connectivity index (χ3v) is 4.99. The lowest BCUT2D eigenvalue weighted by atomic mass is 10.1. The number of rotatable bonds is 6. The number of benzene rings is 2. The van der Waals surface area contributed by atoms with E-state index in [0.717, 1.165) is 20.6 Å². The minimum atomic E-state index is -1.34.